The lowest BCUT2D eigenvalue weighted by Gasteiger charge is -2.18. The first-order chi connectivity index (χ1) is 8.50. The van der Waals surface area contributed by atoms with Gasteiger partial charge in [-0.25, -0.2) is 4.73 Å². The quantitative estimate of drug-likeness (QED) is 0.450. The van der Waals surface area contributed by atoms with Crippen LogP contribution in [0.3, 0.4) is 0 Å². The van der Waals surface area contributed by atoms with Crippen molar-refractivity contribution in [3.05, 3.63) is 29.4 Å². The van der Waals surface area contributed by atoms with Crippen LogP contribution in [0.15, 0.2) is 23.0 Å². The lowest BCUT2D eigenvalue weighted by atomic mass is 10.2. The molecule has 0 aliphatic carbocycles. The highest BCUT2D eigenvalue weighted by molar-refractivity contribution is 5.73. The Morgan fingerprint density at radius 1 is 1.44 bits per heavy atom. The molecule has 18 heavy (non-hydrogen) atoms. The Hall–Kier alpha value is -2.64. The van der Waals surface area contributed by atoms with Crippen molar-refractivity contribution in [2.75, 3.05) is 22.5 Å². The fraction of sp³-hybridized carbons (Fsp3) is 0.200. The highest BCUT2D eigenvalue weighted by Crippen LogP contribution is 2.27. The summed E-state index contributed by atoms with van der Waals surface area (Å²) in [5, 5.41) is 14.5. The van der Waals surface area contributed by atoms with E-state index in [1.807, 2.05) is 6.92 Å². The smallest absolute Gasteiger partial charge is 0.346 e. The van der Waals surface area contributed by atoms with Gasteiger partial charge in [0.2, 0.25) is 11.6 Å². The van der Waals surface area contributed by atoms with Gasteiger partial charge in [0.15, 0.2) is 5.69 Å². The number of nitrogens with two attached hydrogens (primary N) is 3. The number of nitrogens with zero attached hydrogens (tertiary/aromatic N) is 2. The van der Waals surface area contributed by atoms with Crippen molar-refractivity contribution in [3.63, 3.8) is 0 Å². The van der Waals surface area contributed by atoms with Crippen LogP contribution >= 0.6 is 0 Å². The van der Waals surface area contributed by atoms with Gasteiger partial charge in [-0.3, -0.25) is 0 Å². The van der Waals surface area contributed by atoms with Gasteiger partial charge in [0, 0.05) is 5.56 Å². The minimum absolute atomic E-state index is 0.0763. The predicted octanol–water partition coefficient (Wildman–Crippen LogP) is 0.228. The molecule has 0 radical (unpaired) electrons. The Kier molecular flexibility index (Phi) is 2.84. The summed E-state index contributed by atoms with van der Waals surface area (Å²) in [6, 6.07) is 1.65. The molecule has 7 N–H and O–H groups in total. The maximum atomic E-state index is 11.5. The number of furan rings is 1. The monoisotopic (exact) mass is 250 g/mol. The van der Waals surface area contributed by atoms with Gasteiger partial charge < -0.3 is 32.1 Å². The van der Waals surface area contributed by atoms with Gasteiger partial charge in [-0.15, -0.1) is 0 Å². The molecule has 0 aromatic carbocycles. The second-order valence-electron chi connectivity index (χ2n) is 3.83. The summed E-state index contributed by atoms with van der Waals surface area (Å²) in [6.45, 7) is 1.87. The first-order valence-electron chi connectivity index (χ1n) is 5.23. The standard InChI is InChI=1S/C10H14N6O2/c1-5(6-2-3-18-4-6)14-7-8(11)15-10(13)16(17)9(7)12/h2-5,14H,12H2,1H3,(H4,11,13,15). The van der Waals surface area contributed by atoms with Crippen molar-refractivity contribution < 1.29 is 9.15 Å². The second-order valence-corrected chi connectivity index (χ2v) is 3.83. The molecule has 0 aliphatic heterocycles. The van der Waals surface area contributed by atoms with E-state index < -0.39 is 0 Å². The van der Waals surface area contributed by atoms with Crippen molar-refractivity contribution in [3.8, 4) is 0 Å². The Balaban J connectivity index is 2.32. The molecule has 96 valence electrons. The van der Waals surface area contributed by atoms with Crippen LogP contribution < -0.4 is 27.2 Å². The average molecular weight is 250 g/mol. The molecule has 0 fully saturated rings. The minimum Gasteiger partial charge on any atom is -0.754 e. The summed E-state index contributed by atoms with van der Waals surface area (Å²) in [5.41, 5.74) is 17.8. The summed E-state index contributed by atoms with van der Waals surface area (Å²) in [6.07, 6.45) is 3.13. The molecule has 2 heterocycles. The largest absolute Gasteiger partial charge is 0.754 e. The van der Waals surface area contributed by atoms with Gasteiger partial charge in [0.05, 0.1) is 18.6 Å². The lowest BCUT2D eigenvalue weighted by Crippen LogP contribution is -2.37. The number of aromatic nitrogens is 2. The molecule has 0 saturated heterocycles. The highest BCUT2D eigenvalue weighted by Gasteiger charge is 2.18. The molecule has 0 saturated carbocycles. The van der Waals surface area contributed by atoms with Crippen LogP contribution in [0.25, 0.3) is 0 Å². The highest BCUT2D eigenvalue weighted by atomic mass is 16.5. The molecular weight excluding hydrogens is 236 g/mol. The van der Waals surface area contributed by atoms with Crippen molar-refractivity contribution in [2.45, 2.75) is 13.0 Å². The van der Waals surface area contributed by atoms with Crippen LogP contribution in [0.1, 0.15) is 18.5 Å². The molecule has 2 aromatic heterocycles. The van der Waals surface area contributed by atoms with E-state index in [2.05, 4.69) is 10.3 Å². The predicted molar refractivity (Wildman–Crippen MR) is 67.2 cm³/mol. The number of nitrogen functional groups attached to an aromatic ring is 3. The van der Waals surface area contributed by atoms with E-state index in [0.29, 0.717) is 4.73 Å². The summed E-state index contributed by atoms with van der Waals surface area (Å²) >= 11 is 0. The van der Waals surface area contributed by atoms with Crippen LogP contribution in [0, 0.1) is 5.21 Å². The lowest BCUT2D eigenvalue weighted by molar-refractivity contribution is -0.576. The number of nitrogens with one attached hydrogen (secondary N) is 1. The molecule has 1 unspecified atom stereocenters. The number of hydrogen-bond acceptors (Lipinski definition) is 7. The molecule has 2 rings (SSSR count). The van der Waals surface area contributed by atoms with Gasteiger partial charge in [0.25, 0.3) is 0 Å². The maximum Gasteiger partial charge on any atom is 0.346 e. The zero-order valence-electron chi connectivity index (χ0n) is 9.75. The molecular formula is C10H14N6O2. The van der Waals surface area contributed by atoms with Crippen LogP contribution in [0.4, 0.5) is 23.3 Å². The SMILES string of the molecule is CC(Nc1c(N)nc(N)[n+]([O-])c1N)c1ccoc1. The minimum atomic E-state index is -0.286. The fourth-order valence-electron chi connectivity index (χ4n) is 1.55. The van der Waals surface area contributed by atoms with Gasteiger partial charge in [-0.2, -0.15) is 0 Å². The third-order valence-electron chi connectivity index (χ3n) is 2.58. The molecule has 0 bridgehead atoms. The van der Waals surface area contributed by atoms with Gasteiger partial charge in [-0.1, -0.05) is 4.98 Å². The van der Waals surface area contributed by atoms with Crippen LogP contribution in [0.2, 0.25) is 0 Å². The number of anilines is 4. The van der Waals surface area contributed by atoms with Crippen LogP contribution in [-0.2, 0) is 0 Å². The molecule has 1 atom stereocenters. The zero-order valence-corrected chi connectivity index (χ0v) is 9.75. The molecule has 0 amide bonds. The van der Waals surface area contributed by atoms with Crippen LogP contribution in [-0.4, -0.2) is 4.98 Å². The second kappa shape index (κ2) is 4.32. The Labute approximate surface area is 103 Å². The zero-order chi connectivity index (χ0) is 13.3. The number of rotatable bonds is 3. The third-order valence-corrected chi connectivity index (χ3v) is 2.58. The van der Waals surface area contributed by atoms with Crippen molar-refractivity contribution >= 4 is 23.3 Å². The Morgan fingerprint density at radius 3 is 2.78 bits per heavy atom. The van der Waals surface area contributed by atoms with Gasteiger partial charge in [0.1, 0.15) is 0 Å². The van der Waals surface area contributed by atoms with E-state index in [0.717, 1.165) is 5.56 Å². The van der Waals surface area contributed by atoms with E-state index in [9.17, 15) is 5.21 Å². The third kappa shape index (κ3) is 1.95. The van der Waals surface area contributed by atoms with Crippen molar-refractivity contribution in [1.29, 1.82) is 0 Å². The fourth-order valence-corrected chi connectivity index (χ4v) is 1.55. The summed E-state index contributed by atoms with van der Waals surface area (Å²) in [5.74, 6) is -0.325. The molecule has 0 aliphatic rings. The van der Waals surface area contributed by atoms with Crippen molar-refractivity contribution in [1.82, 2.24) is 4.98 Å². The summed E-state index contributed by atoms with van der Waals surface area (Å²) in [7, 11) is 0. The summed E-state index contributed by atoms with van der Waals surface area (Å²) < 4.78 is 5.29. The van der Waals surface area contributed by atoms with Gasteiger partial charge in [-0.05, 0) is 13.0 Å². The first kappa shape index (κ1) is 11.8. The average Bonchev–Trinajstić information content (AvgIpc) is 2.85. The van der Waals surface area contributed by atoms with E-state index in [1.54, 1.807) is 18.6 Å². The molecule has 8 nitrogen and oxygen atoms in total. The van der Waals surface area contributed by atoms with E-state index in [-0.39, 0.29) is 29.3 Å². The van der Waals surface area contributed by atoms with E-state index in [1.165, 1.54) is 0 Å². The molecule has 8 heteroatoms. The molecule has 0 spiro atoms. The Bertz CT molecular complexity index is 554. The normalized spacial score (nSPS) is 12.3. The summed E-state index contributed by atoms with van der Waals surface area (Å²) in [4.78, 5) is 3.71. The van der Waals surface area contributed by atoms with E-state index >= 15 is 0 Å². The van der Waals surface area contributed by atoms with Crippen LogP contribution in [0.5, 0.6) is 0 Å². The van der Waals surface area contributed by atoms with Crippen molar-refractivity contribution in [2.24, 2.45) is 0 Å². The topological polar surface area (TPSA) is 143 Å². The Morgan fingerprint density at radius 2 is 2.17 bits per heavy atom. The first-order valence-corrected chi connectivity index (χ1v) is 5.23. The number of hydrogen-bond donors (Lipinski definition) is 4. The maximum absolute atomic E-state index is 11.5. The van der Waals surface area contributed by atoms with E-state index in [4.69, 9.17) is 21.6 Å². The van der Waals surface area contributed by atoms with Gasteiger partial charge >= 0.3 is 5.95 Å². The molecule has 2 aromatic rings.